The van der Waals surface area contributed by atoms with Crippen LogP contribution in [0.3, 0.4) is 0 Å². The summed E-state index contributed by atoms with van der Waals surface area (Å²) in [5.74, 6) is -0.695. The van der Waals surface area contributed by atoms with Crippen molar-refractivity contribution in [1.29, 1.82) is 5.26 Å². The number of nitrogens with one attached hydrogen (secondary N) is 1. The van der Waals surface area contributed by atoms with E-state index in [1.807, 2.05) is 36.4 Å². The highest BCUT2D eigenvalue weighted by Crippen LogP contribution is 2.31. The van der Waals surface area contributed by atoms with E-state index in [-0.39, 0.29) is 22.1 Å². The number of esters is 1. The van der Waals surface area contributed by atoms with Gasteiger partial charge in [-0.1, -0.05) is 65.7 Å². The molecule has 0 radical (unpaired) electrons. The molecule has 0 aliphatic heterocycles. The molecule has 0 atom stereocenters. The summed E-state index contributed by atoms with van der Waals surface area (Å²) in [5.41, 5.74) is 1.16. The fraction of sp³-hybridized carbons (Fsp3) is 0.0357. The van der Waals surface area contributed by atoms with Gasteiger partial charge in [-0.05, 0) is 58.8 Å². The first-order valence-electron chi connectivity index (χ1n) is 10.7. The molecule has 0 spiro atoms. The summed E-state index contributed by atoms with van der Waals surface area (Å²) in [6, 6.07) is 24.1. The zero-order chi connectivity index (χ0) is 25.7. The summed E-state index contributed by atoms with van der Waals surface area (Å²) in [6.45, 7) is 0. The topological polar surface area (TPSA) is 88.4 Å². The molecule has 0 saturated heterocycles. The minimum absolute atomic E-state index is 0.149. The average Bonchev–Trinajstić information content (AvgIpc) is 2.89. The number of benzene rings is 4. The standard InChI is InChI=1S/C28H18Cl2N2O4/c1-35-26-14-17(13-19(16-31)27(33)32-20-10-11-23(29)24(30)15-20)9-12-25(26)36-28(34)22-8-4-6-18-5-2-3-7-21(18)22/h2-15H,1H3,(H,32,33)/b19-13+. The number of halogens is 2. The normalized spacial score (nSPS) is 11.0. The molecule has 0 saturated carbocycles. The van der Waals surface area contributed by atoms with E-state index in [9.17, 15) is 14.9 Å². The largest absolute Gasteiger partial charge is 0.493 e. The van der Waals surface area contributed by atoms with Crippen LogP contribution in [-0.4, -0.2) is 19.0 Å². The SMILES string of the molecule is COc1cc(/C=C(\C#N)C(=O)Nc2ccc(Cl)c(Cl)c2)ccc1OC(=O)c1cccc2ccccc12. The number of anilines is 1. The second kappa shape index (κ2) is 11.0. The van der Waals surface area contributed by atoms with E-state index in [4.69, 9.17) is 32.7 Å². The van der Waals surface area contributed by atoms with Gasteiger partial charge in [0.05, 0.1) is 22.7 Å². The van der Waals surface area contributed by atoms with Crippen molar-refractivity contribution in [3.05, 3.63) is 106 Å². The average molecular weight is 517 g/mol. The quantitative estimate of drug-likeness (QED) is 0.130. The van der Waals surface area contributed by atoms with Gasteiger partial charge < -0.3 is 14.8 Å². The number of rotatable bonds is 6. The lowest BCUT2D eigenvalue weighted by Crippen LogP contribution is -2.13. The van der Waals surface area contributed by atoms with E-state index in [1.165, 1.54) is 19.3 Å². The highest BCUT2D eigenvalue weighted by Gasteiger charge is 2.16. The molecule has 4 rings (SSSR count). The van der Waals surface area contributed by atoms with E-state index >= 15 is 0 Å². The lowest BCUT2D eigenvalue weighted by atomic mass is 10.0. The molecule has 0 unspecified atom stereocenters. The Kier molecular flexibility index (Phi) is 7.55. The molecule has 0 fully saturated rings. The monoisotopic (exact) mass is 516 g/mol. The molecular formula is C28H18Cl2N2O4. The molecule has 1 N–H and O–H groups in total. The third-order valence-corrected chi connectivity index (χ3v) is 5.99. The van der Waals surface area contributed by atoms with Gasteiger partial charge >= 0.3 is 5.97 Å². The summed E-state index contributed by atoms with van der Waals surface area (Å²) in [7, 11) is 1.43. The number of methoxy groups -OCH3 is 1. The molecule has 178 valence electrons. The molecule has 0 aliphatic carbocycles. The third kappa shape index (κ3) is 5.49. The van der Waals surface area contributed by atoms with Crippen molar-refractivity contribution in [3.63, 3.8) is 0 Å². The number of fused-ring (bicyclic) bond motifs is 1. The Labute approximate surface area is 217 Å². The van der Waals surface area contributed by atoms with Crippen molar-refractivity contribution in [3.8, 4) is 17.6 Å². The van der Waals surface area contributed by atoms with E-state index in [0.717, 1.165) is 10.8 Å². The maximum absolute atomic E-state index is 12.9. The molecule has 8 heteroatoms. The van der Waals surface area contributed by atoms with E-state index in [1.54, 1.807) is 42.5 Å². The van der Waals surface area contributed by atoms with Crippen molar-refractivity contribution in [2.24, 2.45) is 0 Å². The molecule has 4 aromatic rings. The molecule has 0 bridgehead atoms. The molecule has 0 aromatic heterocycles. The Balaban J connectivity index is 1.56. The van der Waals surface area contributed by atoms with E-state index in [2.05, 4.69) is 5.32 Å². The highest BCUT2D eigenvalue weighted by molar-refractivity contribution is 6.42. The van der Waals surface area contributed by atoms with E-state index in [0.29, 0.717) is 21.8 Å². The predicted molar refractivity (Wildman–Crippen MR) is 141 cm³/mol. The van der Waals surface area contributed by atoms with Crippen LogP contribution < -0.4 is 14.8 Å². The third-order valence-electron chi connectivity index (χ3n) is 5.25. The lowest BCUT2D eigenvalue weighted by Gasteiger charge is -2.11. The number of carbonyl (C=O) groups is 2. The Morgan fingerprint density at radius 2 is 1.69 bits per heavy atom. The van der Waals surface area contributed by atoms with Crippen LogP contribution in [0.2, 0.25) is 10.0 Å². The summed E-state index contributed by atoms with van der Waals surface area (Å²) < 4.78 is 11.0. The van der Waals surface area contributed by atoms with Gasteiger partial charge in [0.15, 0.2) is 11.5 Å². The van der Waals surface area contributed by atoms with Gasteiger partial charge in [0.25, 0.3) is 5.91 Å². The summed E-state index contributed by atoms with van der Waals surface area (Å²) in [6.07, 6.45) is 1.39. The second-order valence-corrected chi connectivity index (χ2v) is 8.39. The Bertz CT molecular complexity index is 1550. The maximum Gasteiger partial charge on any atom is 0.344 e. The van der Waals surface area contributed by atoms with Gasteiger partial charge in [-0.2, -0.15) is 5.26 Å². The second-order valence-electron chi connectivity index (χ2n) is 7.58. The minimum atomic E-state index is -0.624. The fourth-order valence-electron chi connectivity index (χ4n) is 3.50. The number of hydrogen-bond acceptors (Lipinski definition) is 5. The summed E-state index contributed by atoms with van der Waals surface area (Å²) >= 11 is 11.9. The molecule has 6 nitrogen and oxygen atoms in total. The van der Waals surface area contributed by atoms with Gasteiger partial charge in [-0.15, -0.1) is 0 Å². The first-order chi connectivity index (χ1) is 17.4. The Morgan fingerprint density at radius 3 is 2.44 bits per heavy atom. The van der Waals surface area contributed by atoms with Gasteiger partial charge in [0, 0.05) is 5.69 Å². The van der Waals surface area contributed by atoms with Crippen LogP contribution in [0.4, 0.5) is 5.69 Å². The van der Waals surface area contributed by atoms with Crippen molar-refractivity contribution >= 4 is 57.6 Å². The van der Waals surface area contributed by atoms with Crippen LogP contribution in [0.5, 0.6) is 11.5 Å². The van der Waals surface area contributed by atoms with Crippen LogP contribution in [-0.2, 0) is 4.79 Å². The number of nitriles is 1. The fourth-order valence-corrected chi connectivity index (χ4v) is 3.80. The van der Waals surface area contributed by atoms with Crippen LogP contribution in [0.25, 0.3) is 16.8 Å². The maximum atomic E-state index is 12.9. The number of hydrogen-bond donors (Lipinski definition) is 1. The van der Waals surface area contributed by atoms with Crippen molar-refractivity contribution < 1.29 is 19.1 Å². The van der Waals surface area contributed by atoms with Crippen LogP contribution >= 0.6 is 23.2 Å². The molecular weight excluding hydrogens is 499 g/mol. The van der Waals surface area contributed by atoms with Gasteiger partial charge in [0.1, 0.15) is 11.6 Å². The van der Waals surface area contributed by atoms with Crippen LogP contribution in [0, 0.1) is 11.3 Å². The number of ether oxygens (including phenoxy) is 2. The highest BCUT2D eigenvalue weighted by atomic mass is 35.5. The van der Waals surface area contributed by atoms with Gasteiger partial charge in [-0.25, -0.2) is 4.79 Å². The van der Waals surface area contributed by atoms with Crippen molar-refractivity contribution in [2.45, 2.75) is 0 Å². The Morgan fingerprint density at radius 1 is 0.917 bits per heavy atom. The molecule has 1 amide bonds. The minimum Gasteiger partial charge on any atom is -0.493 e. The van der Waals surface area contributed by atoms with E-state index < -0.39 is 11.9 Å². The molecule has 0 heterocycles. The Hall–Kier alpha value is -4.31. The summed E-state index contributed by atoms with van der Waals surface area (Å²) in [5, 5.41) is 14.4. The molecule has 4 aromatic carbocycles. The predicted octanol–water partition coefficient (Wildman–Crippen LogP) is 6.92. The molecule has 0 aliphatic rings. The van der Waals surface area contributed by atoms with Crippen molar-refractivity contribution in [2.75, 3.05) is 12.4 Å². The molecule has 36 heavy (non-hydrogen) atoms. The van der Waals surface area contributed by atoms with Gasteiger partial charge in [-0.3, -0.25) is 4.79 Å². The first-order valence-corrected chi connectivity index (χ1v) is 11.4. The number of carbonyl (C=O) groups excluding carboxylic acids is 2. The van der Waals surface area contributed by atoms with Gasteiger partial charge in [0.2, 0.25) is 0 Å². The van der Waals surface area contributed by atoms with Crippen LogP contribution in [0.1, 0.15) is 15.9 Å². The van der Waals surface area contributed by atoms with Crippen LogP contribution in [0.15, 0.2) is 84.4 Å². The lowest BCUT2D eigenvalue weighted by molar-refractivity contribution is -0.112. The summed E-state index contributed by atoms with van der Waals surface area (Å²) in [4.78, 5) is 25.5. The first kappa shape index (κ1) is 24.8. The zero-order valence-corrected chi connectivity index (χ0v) is 20.4. The zero-order valence-electron chi connectivity index (χ0n) is 18.9. The van der Waals surface area contributed by atoms with Crippen molar-refractivity contribution in [1.82, 2.24) is 0 Å². The number of amides is 1. The smallest absolute Gasteiger partial charge is 0.344 e. The number of nitrogens with zero attached hydrogens (tertiary/aromatic N) is 1.